The van der Waals surface area contributed by atoms with Crippen LogP contribution in [0.1, 0.15) is 293 Å². The summed E-state index contributed by atoms with van der Waals surface area (Å²) in [5.41, 5.74) is 7.73. The molecule has 3 aromatic rings. The Bertz CT molecular complexity index is 1480. The molecule has 1 aliphatic heterocycles. The van der Waals surface area contributed by atoms with Crippen molar-refractivity contribution in [1.29, 1.82) is 0 Å². The molecule has 2 aromatic heterocycles. The monoisotopic (exact) mass is 995 g/mol. The number of nitrogens with zero attached hydrogens (tertiary/aromatic N) is 3. The van der Waals surface area contributed by atoms with Crippen LogP contribution in [0.15, 0.2) is 55.1 Å². The van der Waals surface area contributed by atoms with Crippen LogP contribution in [-0.2, 0) is 0 Å². The molecule has 3 aliphatic rings. The van der Waals surface area contributed by atoms with E-state index < -0.39 is 0 Å². The number of nitrogens with one attached hydrogen (secondary N) is 1. The lowest BCUT2D eigenvalue weighted by molar-refractivity contribution is 0.177. The van der Waals surface area contributed by atoms with Crippen LogP contribution in [0, 0.1) is 71.0 Å². The van der Waals surface area contributed by atoms with Gasteiger partial charge in [-0.1, -0.05) is 235 Å². The summed E-state index contributed by atoms with van der Waals surface area (Å²) < 4.78 is 0. The lowest BCUT2D eigenvalue weighted by Gasteiger charge is -2.34. The van der Waals surface area contributed by atoms with E-state index in [1.165, 1.54) is 93.1 Å². The van der Waals surface area contributed by atoms with Crippen molar-refractivity contribution in [2.75, 3.05) is 13.1 Å². The molecule has 2 aliphatic carbocycles. The van der Waals surface area contributed by atoms with E-state index in [-0.39, 0.29) is 0 Å². The summed E-state index contributed by atoms with van der Waals surface area (Å²) in [5, 5.41) is 3.55. The Kier molecular flexibility index (Phi) is 33.4. The third-order valence-electron chi connectivity index (χ3n) is 16.8. The highest BCUT2D eigenvalue weighted by atomic mass is 14.9. The van der Waals surface area contributed by atoms with Crippen molar-refractivity contribution in [2.24, 2.45) is 71.0 Å². The van der Waals surface area contributed by atoms with Crippen LogP contribution in [-0.4, -0.2) is 28.0 Å². The maximum atomic E-state index is 4.51. The van der Waals surface area contributed by atoms with Crippen molar-refractivity contribution in [2.45, 2.75) is 259 Å². The van der Waals surface area contributed by atoms with Crippen molar-refractivity contribution in [1.82, 2.24) is 20.3 Å². The lowest BCUT2D eigenvalue weighted by atomic mass is 9.72. The fraction of sp³-hybridized carbons (Fsp3) is 0.779. The number of hydrogen-bond donors (Lipinski definition) is 1. The largest absolute Gasteiger partial charge is 0.316 e. The Morgan fingerprint density at radius 1 is 0.347 bits per heavy atom. The zero-order chi connectivity index (χ0) is 54.8. The first kappa shape index (κ1) is 67.4. The Labute approximate surface area is 450 Å². The molecule has 2 saturated carbocycles. The first-order valence-electron chi connectivity index (χ1n) is 30.2. The number of hydrogen-bond acceptors (Lipinski definition) is 4. The van der Waals surface area contributed by atoms with Gasteiger partial charge in [0, 0.05) is 24.8 Å². The Morgan fingerprint density at radius 3 is 0.903 bits per heavy atom. The molecule has 3 heterocycles. The van der Waals surface area contributed by atoms with Gasteiger partial charge in [0.05, 0.1) is 11.4 Å². The predicted molar refractivity (Wildman–Crippen MR) is 322 cm³/mol. The third-order valence-corrected chi connectivity index (χ3v) is 16.8. The second kappa shape index (κ2) is 35.6. The van der Waals surface area contributed by atoms with Crippen molar-refractivity contribution in [3.05, 3.63) is 88.8 Å². The second-order valence-electron chi connectivity index (χ2n) is 26.8. The highest BCUT2D eigenvalue weighted by molar-refractivity contribution is 5.27. The molecule has 1 N–H and O–H groups in total. The number of rotatable bonds is 12. The van der Waals surface area contributed by atoms with Gasteiger partial charge in [-0.3, -0.25) is 15.0 Å². The molecular formula is C68H122N4. The summed E-state index contributed by atoms with van der Waals surface area (Å²) in [6.07, 6.45) is 20.9. The van der Waals surface area contributed by atoms with Crippen molar-refractivity contribution in [3.8, 4) is 0 Å². The maximum Gasteiger partial charge on any atom is 0.0615 e. The molecule has 1 saturated heterocycles. The van der Waals surface area contributed by atoms with Gasteiger partial charge in [0.2, 0.25) is 0 Å². The zero-order valence-electron chi connectivity index (χ0n) is 52.2. The average Bonchev–Trinajstić information content (AvgIpc) is 3.35. The minimum absolute atomic E-state index is 0.469. The first-order valence-corrected chi connectivity index (χ1v) is 30.2. The number of benzene rings is 1. The normalized spacial score (nSPS) is 21.3. The van der Waals surface area contributed by atoms with E-state index in [4.69, 9.17) is 0 Å². The van der Waals surface area contributed by atoms with E-state index in [0.717, 1.165) is 82.4 Å². The van der Waals surface area contributed by atoms with Gasteiger partial charge in [-0.15, -0.1) is 0 Å². The van der Waals surface area contributed by atoms with E-state index in [1.807, 2.05) is 24.8 Å². The smallest absolute Gasteiger partial charge is 0.0615 e. The number of piperidine rings is 1. The SMILES string of the molecule is CC(C)C1CCCC(C(C)C)C1.CC(C)C1CCCC(C(C)C)C1.CC(C)C1CNCC(C(C)C)C1.CC(C)c1cccc(C(C)C)c1.CC(C)c1cncc(C(C)C)c1.CC(C)c1cncc(C(C)C)n1. The summed E-state index contributed by atoms with van der Waals surface area (Å²) in [5.74, 6) is 14.6. The van der Waals surface area contributed by atoms with Crippen LogP contribution in [0.5, 0.6) is 0 Å². The van der Waals surface area contributed by atoms with Crippen molar-refractivity contribution < 1.29 is 0 Å². The fourth-order valence-corrected chi connectivity index (χ4v) is 10.3. The van der Waals surface area contributed by atoms with Crippen LogP contribution in [0.25, 0.3) is 0 Å². The molecule has 414 valence electrons. The van der Waals surface area contributed by atoms with Gasteiger partial charge >= 0.3 is 0 Å². The second-order valence-corrected chi connectivity index (χ2v) is 26.8. The molecular weight excluding hydrogens is 873 g/mol. The zero-order valence-corrected chi connectivity index (χ0v) is 52.2. The van der Waals surface area contributed by atoms with Crippen LogP contribution < -0.4 is 5.32 Å². The average molecular weight is 996 g/mol. The van der Waals surface area contributed by atoms with Gasteiger partial charge in [-0.2, -0.15) is 0 Å². The van der Waals surface area contributed by atoms with Crippen LogP contribution in [0.3, 0.4) is 0 Å². The molecule has 4 nitrogen and oxygen atoms in total. The minimum atomic E-state index is 0.469. The fourth-order valence-electron chi connectivity index (χ4n) is 10.3. The van der Waals surface area contributed by atoms with E-state index >= 15 is 0 Å². The molecule has 6 unspecified atom stereocenters. The van der Waals surface area contributed by atoms with E-state index in [1.54, 1.807) is 0 Å². The van der Waals surface area contributed by atoms with Gasteiger partial charge < -0.3 is 5.32 Å². The molecule has 1 aromatic carbocycles. The molecule has 0 amide bonds. The third kappa shape index (κ3) is 26.8. The van der Waals surface area contributed by atoms with Gasteiger partial charge in [-0.25, -0.2) is 0 Å². The molecule has 4 heteroatoms. The predicted octanol–water partition coefficient (Wildman–Crippen LogP) is 20.7. The van der Waals surface area contributed by atoms with Crippen LogP contribution in [0.4, 0.5) is 0 Å². The molecule has 72 heavy (non-hydrogen) atoms. The highest BCUT2D eigenvalue weighted by Gasteiger charge is 2.27. The van der Waals surface area contributed by atoms with Gasteiger partial charge in [0.1, 0.15) is 0 Å². The van der Waals surface area contributed by atoms with Gasteiger partial charge in [0.25, 0.3) is 0 Å². The standard InChI is InChI=1S/2C12H24.C12H18.C11H23N.C11H17N.C10H16N2/c3*1-9(2)11-6-5-7-12(8-11)10(3)4;2*1-8(2)10-5-11(9(3)4)7-12-6-10;1-7(2)9-5-11-6-10(12-9)8(3)4/h2*9-12H,5-8H2,1-4H3;5-10H,1-4H3;8-12H,5-7H2,1-4H3;5-9H,1-4H3;5-8H,1-4H3. The van der Waals surface area contributed by atoms with Gasteiger partial charge in [-0.05, 0) is 161 Å². The molecule has 0 bridgehead atoms. The molecule has 0 radical (unpaired) electrons. The Hall–Kier alpha value is -2.59. The molecule has 0 spiro atoms. The summed E-state index contributed by atoms with van der Waals surface area (Å²) in [4.78, 5) is 12.9. The molecule has 3 fully saturated rings. The van der Waals surface area contributed by atoms with E-state index in [0.29, 0.717) is 35.5 Å². The van der Waals surface area contributed by atoms with Crippen molar-refractivity contribution >= 4 is 0 Å². The highest BCUT2D eigenvalue weighted by Crippen LogP contribution is 2.38. The van der Waals surface area contributed by atoms with E-state index in [9.17, 15) is 0 Å². The topological polar surface area (TPSA) is 50.7 Å². The minimum Gasteiger partial charge on any atom is -0.316 e. The Morgan fingerprint density at radius 2 is 0.625 bits per heavy atom. The first-order chi connectivity index (χ1) is 33.7. The Balaban J connectivity index is 0.000000432. The summed E-state index contributed by atoms with van der Waals surface area (Å²) in [6.45, 7) is 57.2. The summed E-state index contributed by atoms with van der Waals surface area (Å²) in [6, 6.07) is 11.1. The number of pyridine rings is 1. The van der Waals surface area contributed by atoms with Crippen LogP contribution >= 0.6 is 0 Å². The molecule has 6 rings (SSSR count). The lowest BCUT2D eigenvalue weighted by Crippen LogP contribution is -2.40. The van der Waals surface area contributed by atoms with Gasteiger partial charge in [0.15, 0.2) is 0 Å². The van der Waals surface area contributed by atoms with Crippen LogP contribution in [0.2, 0.25) is 0 Å². The number of aromatic nitrogens is 3. The van der Waals surface area contributed by atoms with E-state index in [2.05, 4.69) is 217 Å². The quantitative estimate of drug-likeness (QED) is 0.196. The molecule has 6 atom stereocenters. The van der Waals surface area contributed by atoms with Crippen molar-refractivity contribution in [3.63, 3.8) is 0 Å². The maximum absolute atomic E-state index is 4.51. The summed E-state index contributed by atoms with van der Waals surface area (Å²) in [7, 11) is 0. The summed E-state index contributed by atoms with van der Waals surface area (Å²) >= 11 is 0.